The molecular weight excluding hydrogens is 352 g/mol. The third kappa shape index (κ3) is 3.12. The van der Waals surface area contributed by atoms with Crippen LogP contribution in [0.2, 0.25) is 0 Å². The van der Waals surface area contributed by atoms with Crippen molar-refractivity contribution in [1.29, 1.82) is 0 Å². The molecule has 0 bridgehead atoms. The lowest BCUT2D eigenvalue weighted by molar-refractivity contribution is 0.598. The second kappa shape index (κ2) is 6.40. The highest BCUT2D eigenvalue weighted by atomic mass is 32.2. The van der Waals surface area contributed by atoms with Crippen LogP contribution in [0.5, 0.6) is 0 Å². The van der Waals surface area contributed by atoms with Gasteiger partial charge in [-0.2, -0.15) is 0 Å². The van der Waals surface area contributed by atoms with Crippen LogP contribution in [0.3, 0.4) is 0 Å². The number of primary sulfonamides is 1. The number of aromatic nitrogens is 2. The smallest absolute Gasteiger partial charge is 0.238 e. The first kappa shape index (κ1) is 16.5. The van der Waals surface area contributed by atoms with Crippen molar-refractivity contribution >= 4 is 37.9 Å². The van der Waals surface area contributed by atoms with Crippen LogP contribution in [0.4, 0.5) is 5.82 Å². The van der Waals surface area contributed by atoms with E-state index in [1.165, 1.54) is 18.5 Å². The maximum absolute atomic E-state index is 11.3. The molecule has 0 saturated heterocycles. The molecule has 2 aromatic carbocycles. The number of nitrogens with zero attached hydrogens (tertiary/aromatic N) is 2. The van der Waals surface area contributed by atoms with E-state index in [9.17, 15) is 8.42 Å². The number of hydrogen-bond acceptors (Lipinski definition) is 6. The summed E-state index contributed by atoms with van der Waals surface area (Å²) in [6.45, 7) is 0.609. The molecule has 0 unspecified atom stereocenters. The van der Waals surface area contributed by atoms with E-state index < -0.39 is 10.0 Å². The van der Waals surface area contributed by atoms with Gasteiger partial charge in [0.05, 0.1) is 4.90 Å². The molecule has 4 rings (SSSR count). The van der Waals surface area contributed by atoms with Crippen LogP contribution in [0.15, 0.2) is 64.2 Å². The van der Waals surface area contributed by atoms with Gasteiger partial charge in [-0.25, -0.2) is 23.5 Å². The van der Waals surface area contributed by atoms with E-state index in [2.05, 4.69) is 15.3 Å². The highest BCUT2D eigenvalue weighted by molar-refractivity contribution is 7.89. The summed E-state index contributed by atoms with van der Waals surface area (Å²) in [5.41, 5.74) is 3.15. The summed E-state index contributed by atoms with van der Waals surface area (Å²) in [6, 6.07) is 14.2. The fourth-order valence-electron chi connectivity index (χ4n) is 2.82. The highest BCUT2D eigenvalue weighted by Crippen LogP contribution is 2.30. The summed E-state index contributed by atoms with van der Waals surface area (Å²) >= 11 is 0. The number of rotatable bonds is 5. The minimum atomic E-state index is -3.67. The Bertz CT molecular complexity index is 1180. The molecule has 3 N–H and O–H groups in total. The monoisotopic (exact) mass is 368 g/mol. The lowest BCUT2D eigenvalue weighted by atomic mass is 10.1. The third-order valence-corrected chi connectivity index (χ3v) is 5.05. The predicted molar refractivity (Wildman–Crippen MR) is 99.3 cm³/mol. The predicted octanol–water partition coefficient (Wildman–Crippen LogP) is 2.68. The normalized spacial score (nSPS) is 11.9. The first-order valence-electron chi connectivity index (χ1n) is 8.00. The van der Waals surface area contributed by atoms with Crippen molar-refractivity contribution < 1.29 is 12.8 Å². The molecule has 0 saturated carbocycles. The molecule has 0 aliphatic carbocycles. The highest BCUT2D eigenvalue weighted by Gasteiger charge is 2.12. The third-order valence-electron chi connectivity index (χ3n) is 4.12. The van der Waals surface area contributed by atoms with Crippen LogP contribution in [-0.4, -0.2) is 24.9 Å². The Morgan fingerprint density at radius 1 is 1.04 bits per heavy atom. The van der Waals surface area contributed by atoms with Crippen molar-refractivity contribution in [2.24, 2.45) is 5.14 Å². The lowest BCUT2D eigenvalue weighted by Crippen LogP contribution is -2.12. The second-order valence-corrected chi connectivity index (χ2v) is 7.43. The molecule has 4 aromatic rings. The molecule has 0 spiro atoms. The molecule has 8 heteroatoms. The maximum Gasteiger partial charge on any atom is 0.238 e. The van der Waals surface area contributed by atoms with Crippen molar-refractivity contribution in [3.8, 4) is 0 Å². The Morgan fingerprint density at radius 2 is 1.81 bits per heavy atom. The summed E-state index contributed by atoms with van der Waals surface area (Å²) in [5, 5.41) is 9.31. The van der Waals surface area contributed by atoms with Crippen LogP contribution in [0, 0.1) is 0 Å². The standard InChI is InChI=1S/C18H16N4O3S/c19-26(23,24)13-7-5-12(6-8-13)9-10-20-18-17-16(21-11-22-18)14-3-1-2-4-15(14)25-17/h1-8,11H,9-10H2,(H2,19,23,24)(H,20,21,22). The van der Waals surface area contributed by atoms with Crippen LogP contribution in [0.1, 0.15) is 5.56 Å². The van der Waals surface area contributed by atoms with Crippen molar-refractivity contribution in [1.82, 2.24) is 9.97 Å². The second-order valence-electron chi connectivity index (χ2n) is 5.86. The summed E-state index contributed by atoms with van der Waals surface area (Å²) < 4.78 is 28.4. The zero-order valence-electron chi connectivity index (χ0n) is 13.7. The molecule has 0 aliphatic rings. The fraction of sp³-hybridized carbons (Fsp3) is 0.111. The Kier molecular flexibility index (Phi) is 4.06. The zero-order chi connectivity index (χ0) is 18.1. The van der Waals surface area contributed by atoms with Gasteiger partial charge in [0.15, 0.2) is 11.4 Å². The fourth-order valence-corrected chi connectivity index (χ4v) is 3.34. The van der Waals surface area contributed by atoms with Gasteiger partial charge in [-0.15, -0.1) is 0 Å². The molecule has 0 radical (unpaired) electrons. The topological polar surface area (TPSA) is 111 Å². The van der Waals surface area contributed by atoms with Gasteiger partial charge in [0, 0.05) is 11.9 Å². The van der Waals surface area contributed by atoms with Crippen molar-refractivity contribution in [2.75, 3.05) is 11.9 Å². The largest absolute Gasteiger partial charge is 0.450 e. The first-order chi connectivity index (χ1) is 12.5. The van der Waals surface area contributed by atoms with Gasteiger partial charge >= 0.3 is 0 Å². The van der Waals surface area contributed by atoms with E-state index in [0.29, 0.717) is 24.4 Å². The van der Waals surface area contributed by atoms with Crippen LogP contribution < -0.4 is 10.5 Å². The zero-order valence-corrected chi connectivity index (χ0v) is 14.5. The number of nitrogens with two attached hydrogens (primary N) is 1. The molecule has 0 atom stereocenters. The molecule has 26 heavy (non-hydrogen) atoms. The quantitative estimate of drug-likeness (QED) is 0.560. The van der Waals surface area contributed by atoms with Crippen LogP contribution in [0.25, 0.3) is 22.1 Å². The molecule has 2 aromatic heterocycles. The van der Waals surface area contributed by atoms with Crippen molar-refractivity contribution in [2.45, 2.75) is 11.3 Å². The number of nitrogens with one attached hydrogen (secondary N) is 1. The first-order valence-corrected chi connectivity index (χ1v) is 9.55. The molecular formula is C18H16N4O3S. The molecule has 0 aliphatic heterocycles. The number of anilines is 1. The minimum Gasteiger partial charge on any atom is -0.450 e. The van der Waals surface area contributed by atoms with Crippen LogP contribution in [-0.2, 0) is 16.4 Å². The van der Waals surface area contributed by atoms with Gasteiger partial charge in [0.1, 0.15) is 17.4 Å². The number of fused-ring (bicyclic) bond motifs is 3. The van der Waals surface area contributed by atoms with E-state index >= 15 is 0 Å². The average molecular weight is 368 g/mol. The number of hydrogen-bond donors (Lipinski definition) is 2. The summed E-state index contributed by atoms with van der Waals surface area (Å²) in [7, 11) is -3.67. The van der Waals surface area contributed by atoms with E-state index in [4.69, 9.17) is 9.56 Å². The molecule has 132 valence electrons. The number of para-hydroxylation sites is 1. The number of sulfonamides is 1. The van der Waals surface area contributed by atoms with Gasteiger partial charge in [-0.05, 0) is 36.2 Å². The van der Waals surface area contributed by atoms with Crippen molar-refractivity contribution in [3.05, 3.63) is 60.4 Å². The van der Waals surface area contributed by atoms with E-state index in [1.807, 2.05) is 24.3 Å². The van der Waals surface area contributed by atoms with Gasteiger partial charge in [-0.1, -0.05) is 24.3 Å². The van der Waals surface area contributed by atoms with Gasteiger partial charge < -0.3 is 9.73 Å². The Labute approximate surface area is 149 Å². The average Bonchev–Trinajstić information content (AvgIpc) is 3.01. The number of benzene rings is 2. The SMILES string of the molecule is NS(=O)(=O)c1ccc(CCNc2ncnc3c2oc2ccccc23)cc1. The molecule has 0 fully saturated rings. The Morgan fingerprint density at radius 3 is 2.58 bits per heavy atom. The van der Waals surface area contributed by atoms with Gasteiger partial charge in [0.2, 0.25) is 10.0 Å². The van der Waals surface area contributed by atoms with Gasteiger partial charge in [0.25, 0.3) is 0 Å². The minimum absolute atomic E-state index is 0.106. The van der Waals surface area contributed by atoms with E-state index in [1.54, 1.807) is 12.1 Å². The summed E-state index contributed by atoms with van der Waals surface area (Å²) in [6.07, 6.45) is 2.20. The summed E-state index contributed by atoms with van der Waals surface area (Å²) in [5.74, 6) is 0.632. The Hall–Kier alpha value is -2.97. The Balaban J connectivity index is 1.51. The lowest BCUT2D eigenvalue weighted by Gasteiger charge is -2.06. The van der Waals surface area contributed by atoms with Gasteiger partial charge in [-0.3, -0.25) is 0 Å². The van der Waals surface area contributed by atoms with E-state index in [0.717, 1.165) is 22.0 Å². The van der Waals surface area contributed by atoms with E-state index in [-0.39, 0.29) is 4.90 Å². The molecule has 2 heterocycles. The maximum atomic E-state index is 11.3. The molecule has 7 nitrogen and oxygen atoms in total. The number of furan rings is 1. The van der Waals surface area contributed by atoms with Crippen LogP contribution >= 0.6 is 0 Å². The summed E-state index contributed by atoms with van der Waals surface area (Å²) in [4.78, 5) is 8.69. The molecule has 0 amide bonds. The van der Waals surface area contributed by atoms with Crippen molar-refractivity contribution in [3.63, 3.8) is 0 Å².